The third-order valence-corrected chi connectivity index (χ3v) is 4.81. The SMILES string of the molecule is CC1C(=O)C(C)[C@@H]2CCCCCCC[C@H]12. The summed E-state index contributed by atoms with van der Waals surface area (Å²) in [6, 6.07) is 0. The second-order valence-corrected chi connectivity index (χ2v) is 5.65. The van der Waals surface area contributed by atoms with Gasteiger partial charge in [0.15, 0.2) is 0 Å². The van der Waals surface area contributed by atoms with E-state index in [1.165, 1.54) is 44.9 Å². The van der Waals surface area contributed by atoms with Crippen LogP contribution in [0.5, 0.6) is 0 Å². The number of carbonyl (C=O) groups excluding carboxylic acids is 1. The summed E-state index contributed by atoms with van der Waals surface area (Å²) in [6.07, 6.45) is 9.51. The monoisotopic (exact) mass is 208 g/mol. The third-order valence-electron chi connectivity index (χ3n) is 4.81. The van der Waals surface area contributed by atoms with Crippen LogP contribution in [0.2, 0.25) is 0 Å². The fourth-order valence-electron chi connectivity index (χ4n) is 3.80. The fourth-order valence-corrected chi connectivity index (χ4v) is 3.80. The Hall–Kier alpha value is -0.330. The van der Waals surface area contributed by atoms with Crippen LogP contribution in [-0.4, -0.2) is 5.78 Å². The van der Waals surface area contributed by atoms with Gasteiger partial charge in [0.05, 0.1) is 0 Å². The van der Waals surface area contributed by atoms with Gasteiger partial charge in [-0.05, 0) is 24.7 Å². The van der Waals surface area contributed by atoms with Gasteiger partial charge in [-0.15, -0.1) is 0 Å². The van der Waals surface area contributed by atoms with E-state index in [4.69, 9.17) is 0 Å². The van der Waals surface area contributed by atoms with E-state index >= 15 is 0 Å². The summed E-state index contributed by atoms with van der Waals surface area (Å²) in [7, 11) is 0. The Labute approximate surface area is 93.6 Å². The number of carbonyl (C=O) groups is 1. The molecule has 0 aromatic heterocycles. The van der Waals surface area contributed by atoms with Gasteiger partial charge in [-0.3, -0.25) is 4.79 Å². The van der Waals surface area contributed by atoms with Gasteiger partial charge in [-0.25, -0.2) is 0 Å². The highest BCUT2D eigenvalue weighted by molar-refractivity contribution is 5.85. The Morgan fingerprint density at radius 1 is 0.800 bits per heavy atom. The zero-order valence-electron chi connectivity index (χ0n) is 10.2. The van der Waals surface area contributed by atoms with Crippen molar-refractivity contribution in [1.82, 2.24) is 0 Å². The Morgan fingerprint density at radius 3 is 1.67 bits per heavy atom. The third kappa shape index (κ3) is 2.11. The summed E-state index contributed by atoms with van der Waals surface area (Å²) in [5.41, 5.74) is 0. The summed E-state index contributed by atoms with van der Waals surface area (Å²) < 4.78 is 0. The van der Waals surface area contributed by atoms with Gasteiger partial charge < -0.3 is 0 Å². The Bertz CT molecular complexity index is 211. The maximum atomic E-state index is 12.0. The van der Waals surface area contributed by atoms with Crippen LogP contribution in [0.1, 0.15) is 58.8 Å². The largest absolute Gasteiger partial charge is 0.299 e. The van der Waals surface area contributed by atoms with Gasteiger partial charge in [0.1, 0.15) is 5.78 Å². The summed E-state index contributed by atoms with van der Waals surface area (Å²) in [5, 5.41) is 0. The van der Waals surface area contributed by atoms with Crippen molar-refractivity contribution in [3.63, 3.8) is 0 Å². The second-order valence-electron chi connectivity index (χ2n) is 5.65. The van der Waals surface area contributed by atoms with Crippen molar-refractivity contribution >= 4 is 5.78 Å². The molecule has 0 spiro atoms. The molecule has 0 radical (unpaired) electrons. The first kappa shape index (κ1) is 11.2. The lowest BCUT2D eigenvalue weighted by Gasteiger charge is -2.22. The lowest BCUT2D eigenvalue weighted by Crippen LogP contribution is -2.15. The standard InChI is InChI=1S/C14H24O/c1-10-12-8-6-4-3-5-7-9-13(12)11(2)14(10)15/h10-13H,3-9H2,1-2H3/t10?,11?,12-,13+. The second kappa shape index (κ2) is 4.67. The molecular formula is C14H24O. The number of fused-ring (bicyclic) bond motifs is 1. The van der Waals surface area contributed by atoms with Crippen molar-refractivity contribution in [2.24, 2.45) is 23.7 Å². The van der Waals surface area contributed by atoms with Crippen LogP contribution in [-0.2, 0) is 4.79 Å². The molecule has 0 N–H and O–H groups in total. The van der Waals surface area contributed by atoms with Crippen LogP contribution in [0.4, 0.5) is 0 Å². The van der Waals surface area contributed by atoms with Crippen molar-refractivity contribution in [2.75, 3.05) is 0 Å². The first-order valence-corrected chi connectivity index (χ1v) is 6.75. The Kier molecular flexibility index (Phi) is 3.48. The molecule has 2 aliphatic carbocycles. The number of Topliss-reactive ketones (excluding diaryl/α,β-unsaturated/α-hetero) is 1. The maximum absolute atomic E-state index is 12.0. The number of hydrogen-bond acceptors (Lipinski definition) is 1. The van der Waals surface area contributed by atoms with Crippen molar-refractivity contribution < 1.29 is 4.79 Å². The highest BCUT2D eigenvalue weighted by Gasteiger charge is 2.44. The molecule has 0 saturated heterocycles. The molecule has 2 saturated carbocycles. The van der Waals surface area contributed by atoms with E-state index in [9.17, 15) is 4.79 Å². The molecule has 86 valence electrons. The summed E-state index contributed by atoms with van der Waals surface area (Å²) in [5.74, 6) is 2.67. The summed E-state index contributed by atoms with van der Waals surface area (Å²) in [6.45, 7) is 4.34. The zero-order chi connectivity index (χ0) is 10.8. The molecule has 0 aromatic rings. The summed E-state index contributed by atoms with van der Waals surface area (Å²) in [4.78, 5) is 12.0. The molecule has 2 unspecified atom stereocenters. The van der Waals surface area contributed by atoms with Crippen molar-refractivity contribution in [2.45, 2.75) is 58.8 Å². The number of rotatable bonds is 0. The van der Waals surface area contributed by atoms with Gasteiger partial charge in [-0.2, -0.15) is 0 Å². The van der Waals surface area contributed by atoms with Crippen LogP contribution >= 0.6 is 0 Å². The molecule has 2 fully saturated rings. The molecule has 1 nitrogen and oxygen atoms in total. The van der Waals surface area contributed by atoms with Crippen LogP contribution in [0, 0.1) is 23.7 Å². The van der Waals surface area contributed by atoms with E-state index in [2.05, 4.69) is 13.8 Å². The predicted octanol–water partition coefficient (Wildman–Crippen LogP) is 3.82. The van der Waals surface area contributed by atoms with E-state index in [0.29, 0.717) is 29.5 Å². The van der Waals surface area contributed by atoms with E-state index in [0.717, 1.165) is 0 Å². The van der Waals surface area contributed by atoms with Gasteiger partial charge >= 0.3 is 0 Å². The molecule has 0 bridgehead atoms. The minimum atomic E-state index is 0.350. The topological polar surface area (TPSA) is 17.1 Å². The van der Waals surface area contributed by atoms with Crippen molar-refractivity contribution in [3.8, 4) is 0 Å². The van der Waals surface area contributed by atoms with Crippen LogP contribution in [0.15, 0.2) is 0 Å². The van der Waals surface area contributed by atoms with Crippen LogP contribution in [0.25, 0.3) is 0 Å². The lowest BCUT2D eigenvalue weighted by atomic mass is 9.82. The molecule has 0 heterocycles. The fraction of sp³-hybridized carbons (Fsp3) is 0.929. The van der Waals surface area contributed by atoms with E-state index in [-0.39, 0.29) is 0 Å². The van der Waals surface area contributed by atoms with Gasteiger partial charge in [-0.1, -0.05) is 46.0 Å². The quantitative estimate of drug-likeness (QED) is 0.591. The van der Waals surface area contributed by atoms with Crippen molar-refractivity contribution in [3.05, 3.63) is 0 Å². The van der Waals surface area contributed by atoms with E-state index in [1.54, 1.807) is 0 Å². The number of hydrogen-bond donors (Lipinski definition) is 0. The van der Waals surface area contributed by atoms with E-state index < -0.39 is 0 Å². The summed E-state index contributed by atoms with van der Waals surface area (Å²) >= 11 is 0. The van der Waals surface area contributed by atoms with E-state index in [1.807, 2.05) is 0 Å². The first-order valence-electron chi connectivity index (χ1n) is 6.75. The molecule has 2 rings (SSSR count). The Balaban J connectivity index is 2.10. The number of ketones is 1. The average Bonchev–Trinajstić information content (AvgIpc) is 2.51. The molecule has 0 amide bonds. The van der Waals surface area contributed by atoms with Gasteiger partial charge in [0.2, 0.25) is 0 Å². The zero-order valence-corrected chi connectivity index (χ0v) is 10.2. The highest BCUT2D eigenvalue weighted by Crippen LogP contribution is 2.44. The molecular weight excluding hydrogens is 184 g/mol. The van der Waals surface area contributed by atoms with Crippen molar-refractivity contribution in [1.29, 1.82) is 0 Å². The Morgan fingerprint density at radius 2 is 1.20 bits per heavy atom. The predicted molar refractivity (Wildman–Crippen MR) is 62.6 cm³/mol. The molecule has 4 atom stereocenters. The van der Waals surface area contributed by atoms with Gasteiger partial charge in [0.25, 0.3) is 0 Å². The smallest absolute Gasteiger partial charge is 0.139 e. The average molecular weight is 208 g/mol. The maximum Gasteiger partial charge on any atom is 0.139 e. The minimum absolute atomic E-state index is 0.350. The first-order chi connectivity index (χ1) is 7.22. The highest BCUT2D eigenvalue weighted by atomic mass is 16.1. The molecule has 15 heavy (non-hydrogen) atoms. The molecule has 0 aromatic carbocycles. The van der Waals surface area contributed by atoms with Gasteiger partial charge in [0, 0.05) is 11.8 Å². The normalized spacial score (nSPS) is 42.9. The molecule has 1 heteroatoms. The van der Waals surface area contributed by atoms with Crippen LogP contribution < -0.4 is 0 Å². The lowest BCUT2D eigenvalue weighted by molar-refractivity contribution is -0.123. The minimum Gasteiger partial charge on any atom is -0.299 e. The molecule has 2 aliphatic rings. The van der Waals surface area contributed by atoms with Crippen LogP contribution in [0.3, 0.4) is 0 Å². The molecule has 0 aliphatic heterocycles.